The molecule has 0 spiro atoms. The second kappa shape index (κ2) is 9.71. The lowest BCUT2D eigenvalue weighted by Gasteiger charge is -2.36. The molecule has 1 saturated heterocycles. The van der Waals surface area contributed by atoms with Crippen LogP contribution in [-0.4, -0.2) is 38.9 Å². The number of ether oxygens (including phenoxy) is 3. The van der Waals surface area contributed by atoms with Crippen molar-refractivity contribution in [3.63, 3.8) is 0 Å². The lowest BCUT2D eigenvalue weighted by molar-refractivity contribution is -0.125. The van der Waals surface area contributed by atoms with Crippen LogP contribution in [0.15, 0.2) is 48.5 Å². The van der Waals surface area contributed by atoms with Crippen LogP contribution < -0.4 is 10.1 Å². The van der Waals surface area contributed by atoms with Crippen LogP contribution in [0.2, 0.25) is 0 Å². The lowest BCUT2D eigenvalue weighted by Crippen LogP contribution is -2.44. The molecule has 0 saturated carbocycles. The van der Waals surface area contributed by atoms with Gasteiger partial charge < -0.3 is 19.5 Å². The van der Waals surface area contributed by atoms with Crippen molar-refractivity contribution in [1.29, 1.82) is 0 Å². The van der Waals surface area contributed by atoms with Gasteiger partial charge in [0.1, 0.15) is 12.4 Å². The fourth-order valence-electron chi connectivity index (χ4n) is 3.56. The normalized spacial score (nSPS) is 15.8. The second-order valence-electron chi connectivity index (χ2n) is 7.09. The Morgan fingerprint density at radius 2 is 1.86 bits per heavy atom. The highest BCUT2D eigenvalue weighted by atomic mass is 16.5. The molecule has 1 aliphatic heterocycles. The van der Waals surface area contributed by atoms with E-state index in [1.165, 1.54) is 0 Å². The van der Waals surface area contributed by atoms with E-state index in [-0.39, 0.29) is 5.91 Å². The number of anilines is 1. The maximum atomic E-state index is 13.3. The average molecular weight is 383 g/mol. The first-order chi connectivity index (χ1) is 13.6. The molecule has 1 heterocycles. The maximum absolute atomic E-state index is 13.3. The number of rotatable bonds is 8. The zero-order chi connectivity index (χ0) is 19.8. The summed E-state index contributed by atoms with van der Waals surface area (Å²) >= 11 is 0. The molecular weight excluding hydrogens is 354 g/mol. The Morgan fingerprint density at radius 3 is 2.54 bits per heavy atom. The van der Waals surface area contributed by atoms with Gasteiger partial charge in [0.05, 0.1) is 12.0 Å². The molecule has 150 valence electrons. The molecule has 0 atom stereocenters. The molecule has 0 radical (unpaired) electrons. The fourth-order valence-corrected chi connectivity index (χ4v) is 3.56. The molecule has 0 aromatic heterocycles. The molecular formula is C23H29NO4. The predicted octanol–water partition coefficient (Wildman–Crippen LogP) is 4.10. The van der Waals surface area contributed by atoms with Crippen molar-refractivity contribution in [2.24, 2.45) is 0 Å². The largest absolute Gasteiger partial charge is 0.491 e. The molecule has 1 aliphatic rings. The third-order valence-corrected chi connectivity index (χ3v) is 5.16. The number of carbonyl (C=O) groups is 1. The van der Waals surface area contributed by atoms with Gasteiger partial charge in [-0.15, -0.1) is 0 Å². The third kappa shape index (κ3) is 4.91. The smallest absolute Gasteiger partial charge is 0.235 e. The Bertz CT molecular complexity index is 766. The van der Waals surface area contributed by atoms with E-state index in [1.807, 2.05) is 43.3 Å². The predicted molar refractivity (Wildman–Crippen MR) is 110 cm³/mol. The minimum absolute atomic E-state index is 0.0198. The van der Waals surface area contributed by atoms with Crippen LogP contribution in [0.5, 0.6) is 5.75 Å². The van der Waals surface area contributed by atoms with Crippen molar-refractivity contribution in [3.05, 3.63) is 59.7 Å². The van der Waals surface area contributed by atoms with Gasteiger partial charge in [-0.05, 0) is 56.5 Å². The summed E-state index contributed by atoms with van der Waals surface area (Å²) in [4.78, 5) is 13.3. The highest BCUT2D eigenvalue weighted by Gasteiger charge is 2.41. The van der Waals surface area contributed by atoms with E-state index < -0.39 is 5.41 Å². The second-order valence-corrected chi connectivity index (χ2v) is 7.09. The van der Waals surface area contributed by atoms with E-state index in [1.54, 1.807) is 0 Å². The summed E-state index contributed by atoms with van der Waals surface area (Å²) < 4.78 is 16.4. The van der Waals surface area contributed by atoms with Crippen LogP contribution in [0.1, 0.15) is 30.9 Å². The monoisotopic (exact) mass is 383 g/mol. The van der Waals surface area contributed by atoms with Gasteiger partial charge in [-0.2, -0.15) is 0 Å². The van der Waals surface area contributed by atoms with Crippen molar-refractivity contribution in [2.45, 2.75) is 32.1 Å². The number of nitrogens with one attached hydrogen (secondary N) is 1. The van der Waals surface area contributed by atoms with Gasteiger partial charge in [-0.25, -0.2) is 0 Å². The molecule has 0 aliphatic carbocycles. The Labute approximate surface area is 167 Å². The molecule has 0 unspecified atom stereocenters. The molecule has 3 rings (SSSR count). The van der Waals surface area contributed by atoms with Crippen LogP contribution in [0.4, 0.5) is 5.69 Å². The minimum atomic E-state index is -0.559. The summed E-state index contributed by atoms with van der Waals surface area (Å²) in [5.41, 5.74) is 2.42. The quantitative estimate of drug-likeness (QED) is 0.698. The van der Waals surface area contributed by atoms with Crippen LogP contribution in [0, 0.1) is 6.92 Å². The van der Waals surface area contributed by atoms with E-state index in [0.29, 0.717) is 45.9 Å². The molecule has 28 heavy (non-hydrogen) atoms. The van der Waals surface area contributed by atoms with Crippen molar-refractivity contribution in [1.82, 2.24) is 0 Å². The van der Waals surface area contributed by atoms with E-state index in [0.717, 1.165) is 22.6 Å². The Morgan fingerprint density at radius 1 is 1.11 bits per heavy atom. The van der Waals surface area contributed by atoms with Gasteiger partial charge in [-0.3, -0.25) is 4.79 Å². The zero-order valence-corrected chi connectivity index (χ0v) is 16.7. The molecule has 5 nitrogen and oxygen atoms in total. The lowest BCUT2D eigenvalue weighted by atomic mass is 9.73. The molecule has 0 bridgehead atoms. The van der Waals surface area contributed by atoms with E-state index in [9.17, 15) is 4.79 Å². The number of carbonyl (C=O) groups excluding carboxylic acids is 1. The fraction of sp³-hybridized carbons (Fsp3) is 0.435. The molecule has 1 fully saturated rings. The average Bonchev–Trinajstić information content (AvgIpc) is 2.73. The number of aryl methyl sites for hydroxylation is 1. The molecule has 1 N–H and O–H groups in total. The van der Waals surface area contributed by atoms with Crippen molar-refractivity contribution in [2.75, 3.05) is 38.4 Å². The molecule has 2 aromatic rings. The Balaban J connectivity index is 1.70. The molecule has 2 aromatic carbocycles. The standard InChI is InChI=1S/C23H29NO4/c1-3-26-15-16-28-21-9-7-20(8-10-21)24-22(25)23(11-13-27-14-12-23)19-6-4-5-18(2)17-19/h4-10,17H,3,11-16H2,1-2H3,(H,24,25). The van der Waals surface area contributed by atoms with Crippen molar-refractivity contribution >= 4 is 11.6 Å². The summed E-state index contributed by atoms with van der Waals surface area (Å²) in [6, 6.07) is 15.7. The van der Waals surface area contributed by atoms with Crippen molar-refractivity contribution in [3.8, 4) is 5.75 Å². The SMILES string of the molecule is CCOCCOc1ccc(NC(=O)C2(c3cccc(C)c3)CCOCC2)cc1. The van der Waals surface area contributed by atoms with Crippen molar-refractivity contribution < 1.29 is 19.0 Å². The Kier molecular flexibility index (Phi) is 7.06. The van der Waals surface area contributed by atoms with E-state index >= 15 is 0 Å². The highest BCUT2D eigenvalue weighted by molar-refractivity contribution is 5.99. The number of benzene rings is 2. The third-order valence-electron chi connectivity index (χ3n) is 5.16. The first-order valence-corrected chi connectivity index (χ1v) is 9.91. The van der Waals surface area contributed by atoms with Crippen LogP contribution in [-0.2, 0) is 19.7 Å². The summed E-state index contributed by atoms with van der Waals surface area (Å²) in [6.45, 7) is 6.95. The Hall–Kier alpha value is -2.37. The summed E-state index contributed by atoms with van der Waals surface area (Å²) in [6.07, 6.45) is 1.36. The maximum Gasteiger partial charge on any atom is 0.235 e. The van der Waals surface area contributed by atoms with E-state index in [2.05, 4.69) is 24.4 Å². The summed E-state index contributed by atoms with van der Waals surface area (Å²) in [5, 5.41) is 3.10. The highest BCUT2D eigenvalue weighted by Crippen LogP contribution is 2.36. The van der Waals surface area contributed by atoms with Gasteiger partial charge in [-0.1, -0.05) is 29.8 Å². The van der Waals surface area contributed by atoms with Gasteiger partial charge in [0.15, 0.2) is 0 Å². The summed E-state index contributed by atoms with van der Waals surface area (Å²) in [5.74, 6) is 0.781. The molecule has 5 heteroatoms. The minimum Gasteiger partial charge on any atom is -0.491 e. The summed E-state index contributed by atoms with van der Waals surface area (Å²) in [7, 11) is 0. The number of hydrogen-bond acceptors (Lipinski definition) is 4. The zero-order valence-electron chi connectivity index (χ0n) is 16.7. The van der Waals surface area contributed by atoms with Crippen LogP contribution in [0.25, 0.3) is 0 Å². The van der Waals surface area contributed by atoms with Gasteiger partial charge in [0.25, 0.3) is 0 Å². The van der Waals surface area contributed by atoms with Crippen LogP contribution in [0.3, 0.4) is 0 Å². The van der Waals surface area contributed by atoms with Gasteiger partial charge >= 0.3 is 0 Å². The number of hydrogen-bond donors (Lipinski definition) is 1. The first kappa shape index (κ1) is 20.4. The first-order valence-electron chi connectivity index (χ1n) is 9.91. The molecule has 1 amide bonds. The van der Waals surface area contributed by atoms with Gasteiger partial charge in [0, 0.05) is 25.5 Å². The number of amides is 1. The van der Waals surface area contributed by atoms with Gasteiger partial charge in [0.2, 0.25) is 5.91 Å². The van der Waals surface area contributed by atoms with Crippen LogP contribution >= 0.6 is 0 Å². The van der Waals surface area contributed by atoms with E-state index in [4.69, 9.17) is 14.2 Å². The topological polar surface area (TPSA) is 56.8 Å².